The summed E-state index contributed by atoms with van der Waals surface area (Å²) >= 11 is 0. The van der Waals surface area contributed by atoms with Gasteiger partial charge in [-0.25, -0.2) is 4.98 Å². The molecule has 1 aliphatic carbocycles. The summed E-state index contributed by atoms with van der Waals surface area (Å²) in [6.07, 6.45) is 4.92. The fourth-order valence-electron chi connectivity index (χ4n) is 3.89. The number of aromatic nitrogens is 4. The molecule has 0 spiro atoms. The second-order valence-corrected chi connectivity index (χ2v) is 7.84. The molecule has 0 atom stereocenters. The van der Waals surface area contributed by atoms with E-state index >= 15 is 0 Å². The van der Waals surface area contributed by atoms with Gasteiger partial charge in [-0.05, 0) is 49.9 Å². The molecule has 0 unspecified atom stereocenters. The highest BCUT2D eigenvalue weighted by Crippen LogP contribution is 2.25. The number of aromatic amines is 1. The highest BCUT2D eigenvalue weighted by Gasteiger charge is 2.20. The van der Waals surface area contributed by atoms with Crippen molar-refractivity contribution < 1.29 is 18.7 Å². The van der Waals surface area contributed by atoms with Gasteiger partial charge in [0, 0.05) is 17.7 Å². The molecule has 0 saturated heterocycles. The van der Waals surface area contributed by atoms with E-state index in [2.05, 4.69) is 20.4 Å². The summed E-state index contributed by atoms with van der Waals surface area (Å²) in [5, 5.41) is 7.32. The van der Waals surface area contributed by atoms with Crippen molar-refractivity contribution in [1.29, 1.82) is 0 Å². The first-order chi connectivity index (χ1) is 16.6. The van der Waals surface area contributed by atoms with Crippen LogP contribution in [0.1, 0.15) is 24.1 Å². The molecule has 10 nitrogen and oxygen atoms in total. The number of ether oxygens (including phenoxy) is 2. The second kappa shape index (κ2) is 9.26. The summed E-state index contributed by atoms with van der Waals surface area (Å²) in [5.41, 5.74) is 1.77. The number of furan rings is 1. The monoisotopic (exact) mass is 461 g/mol. The second-order valence-electron chi connectivity index (χ2n) is 7.84. The van der Waals surface area contributed by atoms with Gasteiger partial charge in [0.25, 0.3) is 11.5 Å². The van der Waals surface area contributed by atoms with Crippen LogP contribution < -0.4 is 20.3 Å². The van der Waals surface area contributed by atoms with Gasteiger partial charge in [-0.15, -0.1) is 0 Å². The summed E-state index contributed by atoms with van der Waals surface area (Å²) in [5.74, 6) is 1.79. The van der Waals surface area contributed by atoms with Crippen molar-refractivity contribution in [3.63, 3.8) is 0 Å². The average Bonchev–Trinajstić information content (AvgIpc) is 3.53. The van der Waals surface area contributed by atoms with Crippen LogP contribution in [0, 0.1) is 0 Å². The van der Waals surface area contributed by atoms with Gasteiger partial charge in [0.05, 0.1) is 19.1 Å². The largest absolute Gasteiger partial charge is 0.497 e. The van der Waals surface area contributed by atoms with Crippen LogP contribution in [0.2, 0.25) is 0 Å². The molecule has 0 radical (unpaired) electrons. The molecule has 10 heteroatoms. The topological polar surface area (TPSA) is 124 Å². The zero-order valence-electron chi connectivity index (χ0n) is 18.5. The highest BCUT2D eigenvalue weighted by atomic mass is 16.5. The van der Waals surface area contributed by atoms with Gasteiger partial charge in [0.1, 0.15) is 23.0 Å². The van der Waals surface area contributed by atoms with Crippen molar-refractivity contribution in [2.45, 2.75) is 25.7 Å². The standard InChI is InChI=1S/C24H23N5O5/c1-32-15-6-4-7-16(12-15)34-14-22(30)26-21-13-19(20-10-5-11-33-20)28-29(21)24-25-18-9-3-2-8-17(18)23(31)27-24/h4-7,10-13H,2-3,8-9,14H2,1H3,(H,26,30)(H,25,27,31). The Morgan fingerprint density at radius 1 is 1.18 bits per heavy atom. The molecule has 3 aromatic heterocycles. The molecule has 34 heavy (non-hydrogen) atoms. The van der Waals surface area contributed by atoms with Gasteiger partial charge in [-0.3, -0.25) is 14.6 Å². The van der Waals surface area contributed by atoms with E-state index in [1.54, 1.807) is 49.6 Å². The third kappa shape index (κ3) is 4.42. The predicted molar refractivity (Wildman–Crippen MR) is 123 cm³/mol. The summed E-state index contributed by atoms with van der Waals surface area (Å²) in [6, 6.07) is 12.1. The van der Waals surface area contributed by atoms with Gasteiger partial charge in [0.2, 0.25) is 5.95 Å². The molecule has 4 aromatic rings. The van der Waals surface area contributed by atoms with Gasteiger partial charge in [-0.2, -0.15) is 9.78 Å². The lowest BCUT2D eigenvalue weighted by Crippen LogP contribution is -2.26. The molecule has 0 saturated carbocycles. The summed E-state index contributed by atoms with van der Waals surface area (Å²) in [7, 11) is 1.56. The van der Waals surface area contributed by atoms with E-state index in [0.717, 1.165) is 25.0 Å². The predicted octanol–water partition coefficient (Wildman–Crippen LogP) is 3.12. The van der Waals surface area contributed by atoms with E-state index in [1.807, 2.05) is 0 Å². The summed E-state index contributed by atoms with van der Waals surface area (Å²) < 4.78 is 17.6. The maximum absolute atomic E-state index is 12.7. The van der Waals surface area contributed by atoms with Crippen LogP contribution in [-0.4, -0.2) is 39.4 Å². The van der Waals surface area contributed by atoms with Crippen LogP contribution in [0.25, 0.3) is 17.4 Å². The van der Waals surface area contributed by atoms with Crippen LogP contribution in [0.4, 0.5) is 5.82 Å². The Labute approximate surface area is 194 Å². The number of hydrogen-bond acceptors (Lipinski definition) is 7. The van der Waals surface area contributed by atoms with E-state index in [0.29, 0.717) is 40.8 Å². The molecule has 1 amide bonds. The van der Waals surface area contributed by atoms with Gasteiger partial charge >= 0.3 is 0 Å². The first-order valence-corrected chi connectivity index (χ1v) is 10.9. The maximum Gasteiger partial charge on any atom is 0.263 e. The molecule has 1 aliphatic rings. The SMILES string of the molecule is COc1cccc(OCC(=O)Nc2cc(-c3ccco3)nn2-c2nc3c(c(=O)[nH]2)CCCC3)c1. The fraction of sp³-hybridized carbons (Fsp3) is 0.250. The van der Waals surface area contributed by atoms with Crippen molar-refractivity contribution >= 4 is 11.7 Å². The summed E-state index contributed by atoms with van der Waals surface area (Å²) in [4.78, 5) is 32.8. The Bertz CT molecular complexity index is 1370. The van der Waals surface area contributed by atoms with Crippen molar-refractivity contribution in [2.75, 3.05) is 19.0 Å². The first kappa shape index (κ1) is 21.5. The van der Waals surface area contributed by atoms with E-state index in [1.165, 1.54) is 10.9 Å². The Morgan fingerprint density at radius 3 is 2.85 bits per heavy atom. The number of rotatable bonds is 7. The van der Waals surface area contributed by atoms with E-state index in [9.17, 15) is 9.59 Å². The van der Waals surface area contributed by atoms with Crippen molar-refractivity contribution in [1.82, 2.24) is 19.7 Å². The highest BCUT2D eigenvalue weighted by molar-refractivity contribution is 5.91. The van der Waals surface area contributed by atoms with E-state index < -0.39 is 5.91 Å². The quantitative estimate of drug-likeness (QED) is 0.433. The minimum atomic E-state index is -0.407. The van der Waals surface area contributed by atoms with Crippen molar-refractivity contribution in [3.8, 4) is 28.9 Å². The Kier molecular flexibility index (Phi) is 5.86. The third-order valence-electron chi connectivity index (χ3n) is 5.54. The van der Waals surface area contributed by atoms with Crippen molar-refractivity contribution in [3.05, 3.63) is 70.3 Å². The number of fused-ring (bicyclic) bond motifs is 1. The van der Waals surface area contributed by atoms with E-state index in [-0.39, 0.29) is 18.1 Å². The number of anilines is 1. The number of aryl methyl sites for hydroxylation is 1. The molecule has 3 heterocycles. The normalized spacial score (nSPS) is 12.7. The van der Waals surface area contributed by atoms with Gasteiger partial charge in [0.15, 0.2) is 12.4 Å². The zero-order chi connectivity index (χ0) is 23.5. The molecular formula is C24H23N5O5. The van der Waals surface area contributed by atoms with Crippen LogP contribution in [0.15, 0.2) is 57.9 Å². The molecule has 0 fully saturated rings. The lowest BCUT2D eigenvalue weighted by Gasteiger charge is -2.15. The molecule has 5 rings (SSSR count). The Morgan fingerprint density at radius 2 is 2.03 bits per heavy atom. The molecule has 0 bridgehead atoms. The molecule has 2 N–H and O–H groups in total. The smallest absolute Gasteiger partial charge is 0.263 e. The van der Waals surface area contributed by atoms with Gasteiger partial charge in [-0.1, -0.05) is 6.07 Å². The lowest BCUT2D eigenvalue weighted by atomic mass is 9.97. The minimum absolute atomic E-state index is 0.187. The molecule has 1 aromatic carbocycles. The molecule has 174 valence electrons. The first-order valence-electron chi connectivity index (χ1n) is 10.9. The fourth-order valence-corrected chi connectivity index (χ4v) is 3.89. The van der Waals surface area contributed by atoms with Crippen LogP contribution in [-0.2, 0) is 17.6 Å². The number of amides is 1. The summed E-state index contributed by atoms with van der Waals surface area (Å²) in [6.45, 7) is -0.234. The minimum Gasteiger partial charge on any atom is -0.497 e. The number of hydrogen-bond donors (Lipinski definition) is 2. The van der Waals surface area contributed by atoms with Crippen molar-refractivity contribution in [2.24, 2.45) is 0 Å². The van der Waals surface area contributed by atoms with Crippen LogP contribution >= 0.6 is 0 Å². The number of benzene rings is 1. The third-order valence-corrected chi connectivity index (χ3v) is 5.54. The maximum atomic E-state index is 12.7. The average molecular weight is 461 g/mol. The Hall–Kier alpha value is -4.34. The lowest BCUT2D eigenvalue weighted by molar-refractivity contribution is -0.118. The number of carbonyl (C=O) groups is 1. The van der Waals surface area contributed by atoms with E-state index in [4.69, 9.17) is 13.9 Å². The number of H-pyrrole nitrogens is 1. The molecular weight excluding hydrogens is 438 g/mol. The van der Waals surface area contributed by atoms with Gasteiger partial charge < -0.3 is 19.2 Å². The Balaban J connectivity index is 1.43. The van der Waals surface area contributed by atoms with Crippen LogP contribution in [0.3, 0.4) is 0 Å². The zero-order valence-corrected chi connectivity index (χ0v) is 18.5. The number of methoxy groups -OCH3 is 1. The van der Waals surface area contributed by atoms with Crippen LogP contribution in [0.5, 0.6) is 11.5 Å². The molecule has 0 aliphatic heterocycles. The number of nitrogens with zero attached hydrogens (tertiary/aromatic N) is 3. The number of carbonyl (C=O) groups excluding carboxylic acids is 1. The number of nitrogens with one attached hydrogen (secondary N) is 2.